The van der Waals surface area contributed by atoms with Crippen molar-refractivity contribution in [3.63, 3.8) is 0 Å². The van der Waals surface area contributed by atoms with Gasteiger partial charge in [-0.05, 0) is 43.4 Å². The van der Waals surface area contributed by atoms with Gasteiger partial charge in [0, 0.05) is 44.5 Å². The molecule has 0 radical (unpaired) electrons. The van der Waals surface area contributed by atoms with Crippen LogP contribution in [0.25, 0.3) is 5.57 Å². The predicted molar refractivity (Wildman–Crippen MR) is 119 cm³/mol. The molecule has 1 unspecified atom stereocenters. The van der Waals surface area contributed by atoms with E-state index >= 15 is 0 Å². The fourth-order valence-electron chi connectivity index (χ4n) is 4.48. The van der Waals surface area contributed by atoms with E-state index in [1.807, 2.05) is 11.0 Å². The second-order valence-corrected chi connectivity index (χ2v) is 8.89. The van der Waals surface area contributed by atoms with Gasteiger partial charge in [-0.15, -0.1) is 0 Å². The lowest BCUT2D eigenvalue weighted by Gasteiger charge is -2.38. The molecule has 5 rings (SSSR count). The Kier molecular flexibility index (Phi) is 6.11. The number of hydrogen-bond acceptors (Lipinski definition) is 6. The van der Waals surface area contributed by atoms with Crippen molar-refractivity contribution in [3.05, 3.63) is 57.8 Å². The van der Waals surface area contributed by atoms with Crippen molar-refractivity contribution in [2.45, 2.75) is 44.2 Å². The first kappa shape index (κ1) is 22.6. The first-order valence-corrected chi connectivity index (χ1v) is 11.4. The normalized spacial score (nSPS) is 21.1. The number of rotatable bonds is 6. The van der Waals surface area contributed by atoms with Gasteiger partial charge in [0.25, 0.3) is 17.9 Å². The number of allylic oxidation sites excluding steroid dienone is 1. The number of aromatic amines is 1. The summed E-state index contributed by atoms with van der Waals surface area (Å²) < 4.78 is 40.2. The number of amides is 1. The van der Waals surface area contributed by atoms with Crippen LogP contribution in [0.3, 0.4) is 0 Å². The fourth-order valence-corrected chi connectivity index (χ4v) is 4.48. The Morgan fingerprint density at radius 1 is 1.15 bits per heavy atom. The minimum atomic E-state index is -2.86. The van der Waals surface area contributed by atoms with Gasteiger partial charge in [0.05, 0.1) is 5.69 Å². The van der Waals surface area contributed by atoms with E-state index in [9.17, 15) is 22.8 Å². The van der Waals surface area contributed by atoms with E-state index in [1.54, 1.807) is 12.1 Å². The van der Waals surface area contributed by atoms with Gasteiger partial charge in [-0.25, -0.2) is 18.7 Å². The zero-order valence-corrected chi connectivity index (χ0v) is 18.4. The van der Waals surface area contributed by atoms with Gasteiger partial charge in [0.2, 0.25) is 5.95 Å². The van der Waals surface area contributed by atoms with Gasteiger partial charge in [-0.1, -0.05) is 6.08 Å². The topological polar surface area (TPSA) is 94.2 Å². The second-order valence-electron chi connectivity index (χ2n) is 8.89. The summed E-state index contributed by atoms with van der Waals surface area (Å²) in [6.45, 7) is 2.60. The lowest BCUT2D eigenvalue weighted by molar-refractivity contribution is 0.0945. The van der Waals surface area contributed by atoms with Crippen LogP contribution in [0.5, 0.6) is 0 Å². The van der Waals surface area contributed by atoms with Crippen molar-refractivity contribution in [3.8, 4) is 0 Å². The molecule has 1 atom stereocenters. The zero-order chi connectivity index (χ0) is 23.8. The first-order chi connectivity index (χ1) is 16.4. The molecule has 1 aliphatic heterocycles. The molecule has 3 aliphatic rings. The van der Waals surface area contributed by atoms with Crippen molar-refractivity contribution >= 4 is 17.2 Å². The van der Waals surface area contributed by atoms with E-state index in [4.69, 9.17) is 0 Å². The molecule has 8 nitrogen and oxygen atoms in total. The van der Waals surface area contributed by atoms with Crippen LogP contribution in [0, 0.1) is 5.95 Å². The Morgan fingerprint density at radius 2 is 1.91 bits per heavy atom. The number of hydrogen-bond donors (Lipinski definition) is 2. The highest BCUT2D eigenvalue weighted by Crippen LogP contribution is 2.30. The molecule has 34 heavy (non-hydrogen) atoms. The molecule has 0 spiro atoms. The smallest absolute Gasteiger partial charge is 0.270 e. The van der Waals surface area contributed by atoms with Gasteiger partial charge in [0.15, 0.2) is 0 Å². The van der Waals surface area contributed by atoms with Gasteiger partial charge < -0.3 is 15.2 Å². The summed E-state index contributed by atoms with van der Waals surface area (Å²) in [5, 5.41) is 2.81. The summed E-state index contributed by atoms with van der Waals surface area (Å²) in [5.41, 5.74) is -0.145. The maximum atomic E-state index is 14.7. The molecular formula is C23H25F3N6O2. The standard InChI is InChI=1S/C23H25F3N6O2/c24-19(25)16-12-27-21(30-22(16)33)13-1-4-15(11-13)31-7-9-32(10-8-31)18-6-5-17(29-20(18)26)23(34)28-14-2-3-14/h5-6,11-12,14-15,19H,1-4,7-10H2,(H,28,34)(H,27,30,33). The molecule has 1 saturated carbocycles. The number of pyridine rings is 1. The van der Waals surface area contributed by atoms with Crippen LogP contribution >= 0.6 is 0 Å². The summed E-state index contributed by atoms with van der Waals surface area (Å²) in [7, 11) is 0. The Labute approximate surface area is 193 Å². The summed E-state index contributed by atoms with van der Waals surface area (Å²) in [6, 6.07) is 3.48. The molecular weight excluding hydrogens is 449 g/mol. The third kappa shape index (κ3) is 4.70. The Morgan fingerprint density at radius 3 is 2.56 bits per heavy atom. The van der Waals surface area contributed by atoms with Crippen molar-refractivity contribution in [2.24, 2.45) is 0 Å². The zero-order valence-electron chi connectivity index (χ0n) is 18.4. The SMILES string of the molecule is O=C(NC1CC1)c1ccc(N2CCN(C3C=C(c4ncc(C(F)F)c(=O)[nH]4)CC3)CC2)c(F)n1. The Balaban J connectivity index is 1.20. The van der Waals surface area contributed by atoms with Crippen LogP contribution in [0.4, 0.5) is 18.9 Å². The number of aromatic nitrogens is 3. The molecule has 0 bridgehead atoms. The van der Waals surface area contributed by atoms with Crippen LogP contribution in [0.15, 0.2) is 29.2 Å². The first-order valence-electron chi connectivity index (χ1n) is 11.4. The van der Waals surface area contributed by atoms with Gasteiger partial charge in [0.1, 0.15) is 17.1 Å². The summed E-state index contributed by atoms with van der Waals surface area (Å²) in [4.78, 5) is 38.5. The number of alkyl halides is 2. The molecule has 2 aliphatic carbocycles. The third-order valence-corrected chi connectivity index (χ3v) is 6.57. The van der Waals surface area contributed by atoms with Crippen molar-refractivity contribution in [1.82, 2.24) is 25.2 Å². The molecule has 0 aromatic carbocycles. The minimum absolute atomic E-state index is 0.0867. The van der Waals surface area contributed by atoms with Crippen LogP contribution in [0.2, 0.25) is 0 Å². The lowest BCUT2D eigenvalue weighted by Crippen LogP contribution is -2.49. The maximum Gasteiger partial charge on any atom is 0.270 e. The summed E-state index contributed by atoms with van der Waals surface area (Å²) in [5.74, 6) is -0.669. The number of H-pyrrole nitrogens is 1. The van der Waals surface area contributed by atoms with E-state index in [0.29, 0.717) is 44.1 Å². The molecule has 2 N–H and O–H groups in total. The molecule has 11 heteroatoms. The molecule has 2 fully saturated rings. The quantitative estimate of drug-likeness (QED) is 0.625. The van der Waals surface area contributed by atoms with Crippen molar-refractivity contribution in [1.29, 1.82) is 0 Å². The highest BCUT2D eigenvalue weighted by atomic mass is 19.3. The van der Waals surface area contributed by atoms with Gasteiger partial charge in [-0.2, -0.15) is 4.39 Å². The minimum Gasteiger partial charge on any atom is -0.365 e. The maximum absolute atomic E-state index is 14.7. The molecule has 2 aromatic rings. The van der Waals surface area contributed by atoms with Crippen LogP contribution in [0.1, 0.15) is 54.0 Å². The molecule has 180 valence electrons. The number of nitrogens with one attached hydrogen (secondary N) is 2. The molecule has 3 heterocycles. The predicted octanol–water partition coefficient (Wildman–Crippen LogP) is 2.50. The number of nitrogens with zero attached hydrogens (tertiary/aromatic N) is 4. The highest BCUT2D eigenvalue weighted by Gasteiger charge is 2.29. The Bertz CT molecular complexity index is 1170. The monoisotopic (exact) mass is 474 g/mol. The number of carbonyl (C=O) groups excluding carboxylic acids is 1. The number of halogens is 3. The number of anilines is 1. The number of carbonyl (C=O) groups is 1. The second kappa shape index (κ2) is 9.21. The van der Waals surface area contributed by atoms with E-state index in [-0.39, 0.29) is 23.7 Å². The lowest BCUT2D eigenvalue weighted by atomic mass is 10.2. The van der Waals surface area contributed by atoms with Crippen LogP contribution < -0.4 is 15.8 Å². The largest absolute Gasteiger partial charge is 0.365 e. The fraction of sp³-hybridized carbons (Fsp3) is 0.478. The van der Waals surface area contributed by atoms with Crippen molar-refractivity contribution < 1.29 is 18.0 Å². The third-order valence-electron chi connectivity index (χ3n) is 6.57. The van der Waals surface area contributed by atoms with E-state index in [2.05, 4.69) is 25.2 Å². The van der Waals surface area contributed by atoms with E-state index in [1.165, 1.54) is 0 Å². The number of piperazine rings is 1. The molecule has 1 amide bonds. The average Bonchev–Trinajstić information content (AvgIpc) is 3.50. The molecule has 2 aromatic heterocycles. The van der Waals surface area contributed by atoms with Gasteiger partial charge in [-0.3, -0.25) is 14.5 Å². The summed E-state index contributed by atoms with van der Waals surface area (Å²) in [6.07, 6.45) is 3.52. The summed E-state index contributed by atoms with van der Waals surface area (Å²) >= 11 is 0. The van der Waals surface area contributed by atoms with E-state index < -0.39 is 23.5 Å². The van der Waals surface area contributed by atoms with E-state index in [0.717, 1.165) is 31.0 Å². The van der Waals surface area contributed by atoms with Gasteiger partial charge >= 0.3 is 0 Å². The van der Waals surface area contributed by atoms with Crippen molar-refractivity contribution in [2.75, 3.05) is 31.1 Å². The highest BCUT2D eigenvalue weighted by molar-refractivity contribution is 5.92. The van der Waals surface area contributed by atoms with Crippen LogP contribution in [-0.2, 0) is 0 Å². The van der Waals surface area contributed by atoms with Crippen LogP contribution in [-0.4, -0.2) is 64.0 Å². The molecule has 1 saturated heterocycles. The Hall–Kier alpha value is -3.21. The average molecular weight is 474 g/mol.